The van der Waals surface area contributed by atoms with E-state index in [1.54, 1.807) is 4.90 Å². The Morgan fingerprint density at radius 3 is 2.44 bits per heavy atom. The number of aromatic nitrogens is 2. The lowest BCUT2D eigenvalue weighted by Crippen LogP contribution is -2.49. The summed E-state index contributed by atoms with van der Waals surface area (Å²) in [6.07, 6.45) is 10.8. The van der Waals surface area contributed by atoms with Gasteiger partial charge < -0.3 is 10.0 Å². The van der Waals surface area contributed by atoms with Crippen molar-refractivity contribution < 1.29 is 14.3 Å². The maximum atomic E-state index is 13.2. The van der Waals surface area contributed by atoms with Gasteiger partial charge in [0.1, 0.15) is 5.82 Å². The van der Waals surface area contributed by atoms with E-state index in [0.29, 0.717) is 44.0 Å². The standard InChI is InChI=1S/C28H30FN5O2/c29-23-5-1-21(2-6-23)27(35)32-15-12-28(36,13-16-32)17-26-11-14-30-34(26)25-7-3-20(4-8-25)22-18-31-33(19-22)24-9-10-24/h1-8,14,18-19,24,26,36H,9-13,15-17H2. The summed E-state index contributed by atoms with van der Waals surface area (Å²) in [6.45, 7) is 0.951. The number of piperidine rings is 1. The molecule has 1 N–H and O–H groups in total. The Bertz CT molecular complexity index is 1260. The van der Waals surface area contributed by atoms with Crippen molar-refractivity contribution in [2.24, 2.45) is 5.10 Å². The summed E-state index contributed by atoms with van der Waals surface area (Å²) >= 11 is 0. The lowest BCUT2D eigenvalue weighted by atomic mass is 9.84. The van der Waals surface area contributed by atoms with Crippen LogP contribution in [-0.4, -0.2) is 56.6 Å². The SMILES string of the molecule is O=C(c1ccc(F)cc1)N1CCC(O)(CC2CC=NN2c2ccc(-c3cnn(C4CC4)c3)cc2)CC1. The van der Waals surface area contributed by atoms with Gasteiger partial charge in [-0.25, -0.2) is 4.39 Å². The Morgan fingerprint density at radius 2 is 1.75 bits per heavy atom. The van der Waals surface area contributed by atoms with Crippen molar-refractivity contribution in [1.29, 1.82) is 0 Å². The molecule has 2 aromatic carbocycles. The molecule has 2 fully saturated rings. The maximum absolute atomic E-state index is 13.2. The molecule has 1 aromatic heterocycles. The summed E-state index contributed by atoms with van der Waals surface area (Å²) in [5.74, 6) is -0.479. The minimum Gasteiger partial charge on any atom is -0.390 e. The van der Waals surface area contributed by atoms with Crippen molar-refractivity contribution in [1.82, 2.24) is 14.7 Å². The lowest BCUT2D eigenvalue weighted by molar-refractivity contribution is -0.0268. The average molecular weight is 488 g/mol. The van der Waals surface area contributed by atoms with Gasteiger partial charge in [0, 0.05) is 43.0 Å². The van der Waals surface area contributed by atoms with E-state index < -0.39 is 5.60 Å². The van der Waals surface area contributed by atoms with Gasteiger partial charge in [0.15, 0.2) is 0 Å². The molecule has 2 aliphatic heterocycles. The Balaban J connectivity index is 1.08. The van der Waals surface area contributed by atoms with Gasteiger partial charge >= 0.3 is 0 Å². The molecule has 3 aromatic rings. The first-order valence-electron chi connectivity index (χ1n) is 12.7. The molecule has 8 heteroatoms. The largest absolute Gasteiger partial charge is 0.390 e. The van der Waals surface area contributed by atoms with E-state index in [2.05, 4.69) is 45.3 Å². The smallest absolute Gasteiger partial charge is 0.253 e. The number of aliphatic hydroxyl groups is 1. The van der Waals surface area contributed by atoms with Crippen LogP contribution in [0.15, 0.2) is 66.0 Å². The zero-order valence-electron chi connectivity index (χ0n) is 20.1. The molecule has 1 atom stereocenters. The number of hydrogen-bond acceptors (Lipinski definition) is 5. The Morgan fingerprint density at radius 1 is 1.03 bits per heavy atom. The second kappa shape index (κ2) is 9.17. The van der Waals surface area contributed by atoms with Crippen LogP contribution in [0, 0.1) is 5.82 Å². The summed E-state index contributed by atoms with van der Waals surface area (Å²) in [5.41, 5.74) is 2.86. The predicted octanol–water partition coefficient (Wildman–Crippen LogP) is 4.65. The summed E-state index contributed by atoms with van der Waals surface area (Å²) in [6, 6.07) is 14.6. The lowest BCUT2D eigenvalue weighted by Gasteiger charge is -2.40. The molecule has 0 bridgehead atoms. The zero-order valence-corrected chi connectivity index (χ0v) is 20.1. The fourth-order valence-corrected chi connectivity index (χ4v) is 5.27. The second-order valence-electron chi connectivity index (χ2n) is 10.2. The van der Waals surface area contributed by atoms with E-state index in [1.807, 2.05) is 17.4 Å². The Kier molecular flexibility index (Phi) is 5.84. The van der Waals surface area contributed by atoms with Crippen LogP contribution in [0.5, 0.6) is 0 Å². The van der Waals surface area contributed by atoms with E-state index in [4.69, 9.17) is 0 Å². The van der Waals surface area contributed by atoms with Crippen LogP contribution >= 0.6 is 0 Å². The van der Waals surface area contributed by atoms with Crippen molar-refractivity contribution in [2.45, 2.75) is 56.2 Å². The quantitative estimate of drug-likeness (QED) is 0.550. The Hall–Kier alpha value is -3.52. The minimum atomic E-state index is -0.854. The van der Waals surface area contributed by atoms with Gasteiger partial charge in [-0.3, -0.25) is 14.5 Å². The van der Waals surface area contributed by atoms with Crippen LogP contribution in [0.25, 0.3) is 11.1 Å². The highest BCUT2D eigenvalue weighted by molar-refractivity contribution is 5.94. The summed E-state index contributed by atoms with van der Waals surface area (Å²) in [4.78, 5) is 14.5. The second-order valence-corrected chi connectivity index (χ2v) is 10.2. The number of anilines is 1. The van der Waals surface area contributed by atoms with Crippen molar-refractivity contribution in [3.8, 4) is 11.1 Å². The monoisotopic (exact) mass is 487 g/mol. The fourth-order valence-electron chi connectivity index (χ4n) is 5.27. The first-order chi connectivity index (χ1) is 17.5. The number of nitrogens with zero attached hydrogens (tertiary/aromatic N) is 5. The van der Waals surface area contributed by atoms with Crippen LogP contribution in [-0.2, 0) is 0 Å². The third-order valence-electron chi connectivity index (χ3n) is 7.61. The first kappa shape index (κ1) is 22.9. The zero-order chi connectivity index (χ0) is 24.7. The van der Waals surface area contributed by atoms with Crippen LogP contribution in [0.4, 0.5) is 10.1 Å². The van der Waals surface area contributed by atoms with Gasteiger partial charge in [-0.05, 0) is 74.1 Å². The molecule has 0 radical (unpaired) electrons. The number of carbonyl (C=O) groups is 1. The van der Waals surface area contributed by atoms with Crippen molar-refractivity contribution in [2.75, 3.05) is 18.1 Å². The fraction of sp³-hybridized carbons (Fsp3) is 0.393. The molecule has 3 aliphatic rings. The number of carbonyl (C=O) groups excluding carboxylic acids is 1. The molecule has 1 saturated carbocycles. The number of likely N-dealkylation sites (tertiary alicyclic amines) is 1. The number of rotatable bonds is 6. The average Bonchev–Trinajstić information content (AvgIpc) is 3.44. The number of halogens is 1. The highest BCUT2D eigenvalue weighted by Gasteiger charge is 2.38. The van der Waals surface area contributed by atoms with Crippen LogP contribution in [0.1, 0.15) is 54.9 Å². The number of benzene rings is 2. The molecule has 0 spiro atoms. The number of amides is 1. The first-order valence-corrected chi connectivity index (χ1v) is 12.7. The third kappa shape index (κ3) is 4.65. The topological polar surface area (TPSA) is 74.0 Å². The van der Waals surface area contributed by atoms with Crippen molar-refractivity contribution >= 4 is 17.8 Å². The number of hydrogen-bond donors (Lipinski definition) is 1. The van der Waals surface area contributed by atoms with E-state index in [9.17, 15) is 14.3 Å². The van der Waals surface area contributed by atoms with E-state index >= 15 is 0 Å². The van der Waals surface area contributed by atoms with E-state index in [-0.39, 0.29) is 17.8 Å². The van der Waals surface area contributed by atoms with Crippen LogP contribution in [0.2, 0.25) is 0 Å². The highest BCUT2D eigenvalue weighted by atomic mass is 19.1. The van der Waals surface area contributed by atoms with E-state index in [1.165, 1.54) is 37.1 Å². The van der Waals surface area contributed by atoms with Crippen molar-refractivity contribution in [3.05, 3.63) is 72.3 Å². The van der Waals surface area contributed by atoms with Gasteiger partial charge in [-0.2, -0.15) is 10.2 Å². The van der Waals surface area contributed by atoms with Gasteiger partial charge in [0.2, 0.25) is 0 Å². The molecule has 6 rings (SSSR count). The summed E-state index contributed by atoms with van der Waals surface area (Å²) < 4.78 is 15.3. The minimum absolute atomic E-state index is 0.0674. The van der Waals surface area contributed by atoms with Gasteiger partial charge in [0.25, 0.3) is 5.91 Å². The highest BCUT2D eigenvalue weighted by Crippen LogP contribution is 2.36. The Labute approximate surface area is 209 Å². The predicted molar refractivity (Wildman–Crippen MR) is 136 cm³/mol. The normalized spacial score (nSPS) is 21.2. The maximum Gasteiger partial charge on any atom is 0.253 e. The molecule has 1 aliphatic carbocycles. The molecule has 1 saturated heterocycles. The molecule has 36 heavy (non-hydrogen) atoms. The van der Waals surface area contributed by atoms with Crippen LogP contribution in [0.3, 0.4) is 0 Å². The molecule has 3 heterocycles. The molecule has 186 valence electrons. The molecule has 1 unspecified atom stereocenters. The van der Waals surface area contributed by atoms with Gasteiger partial charge in [-0.15, -0.1) is 0 Å². The van der Waals surface area contributed by atoms with Crippen molar-refractivity contribution in [3.63, 3.8) is 0 Å². The van der Waals surface area contributed by atoms with Gasteiger partial charge in [-0.1, -0.05) is 12.1 Å². The molecular formula is C28H30FN5O2. The summed E-state index contributed by atoms with van der Waals surface area (Å²) in [5, 5.41) is 22.5. The number of hydrazone groups is 1. The van der Waals surface area contributed by atoms with Crippen LogP contribution < -0.4 is 5.01 Å². The third-order valence-corrected chi connectivity index (χ3v) is 7.61. The van der Waals surface area contributed by atoms with Gasteiger partial charge in [0.05, 0.1) is 29.6 Å². The molecular weight excluding hydrogens is 457 g/mol. The summed E-state index contributed by atoms with van der Waals surface area (Å²) in [7, 11) is 0. The van der Waals surface area contributed by atoms with E-state index in [0.717, 1.165) is 23.2 Å². The molecule has 1 amide bonds. The molecule has 7 nitrogen and oxygen atoms in total.